The predicted octanol–water partition coefficient (Wildman–Crippen LogP) is 5.78. The number of nitrogens with one attached hydrogen (secondary N) is 1. The van der Waals surface area contributed by atoms with Gasteiger partial charge in [0, 0.05) is 32.7 Å². The van der Waals surface area contributed by atoms with Crippen molar-refractivity contribution >= 4 is 50.9 Å². The first-order valence-corrected chi connectivity index (χ1v) is 11.6. The molecule has 2 atom stereocenters. The lowest BCUT2D eigenvalue weighted by Gasteiger charge is -2.30. The van der Waals surface area contributed by atoms with Gasteiger partial charge in [-0.15, -0.1) is 0 Å². The fourth-order valence-corrected chi connectivity index (χ4v) is 3.60. The van der Waals surface area contributed by atoms with Crippen molar-refractivity contribution in [2.45, 2.75) is 52.7 Å². The number of hydrogen-bond donors (Lipinski definition) is 1. The summed E-state index contributed by atoms with van der Waals surface area (Å²) in [6.07, 6.45) is 0.786. The highest BCUT2D eigenvalue weighted by molar-refractivity contribution is 9.10. The first-order valence-electron chi connectivity index (χ1n) is 10.1. The van der Waals surface area contributed by atoms with E-state index >= 15 is 0 Å². The van der Waals surface area contributed by atoms with E-state index in [1.165, 1.54) is 4.90 Å². The summed E-state index contributed by atoms with van der Waals surface area (Å²) in [6, 6.07) is 9.88. The van der Waals surface area contributed by atoms with Crippen LogP contribution in [0.2, 0.25) is 10.0 Å². The minimum Gasteiger partial charge on any atom is -0.484 e. The minimum absolute atomic E-state index is 0.00204. The Kier molecular flexibility index (Phi) is 9.66. The second kappa shape index (κ2) is 11.7. The molecule has 31 heavy (non-hydrogen) atoms. The number of rotatable bonds is 9. The van der Waals surface area contributed by atoms with Gasteiger partial charge >= 0.3 is 0 Å². The molecule has 168 valence electrons. The number of nitrogens with zero attached hydrogens (tertiary/aromatic N) is 1. The van der Waals surface area contributed by atoms with Crippen LogP contribution in [0.5, 0.6) is 5.75 Å². The maximum Gasteiger partial charge on any atom is 0.261 e. The summed E-state index contributed by atoms with van der Waals surface area (Å²) in [5, 5.41) is 3.79. The summed E-state index contributed by atoms with van der Waals surface area (Å²) >= 11 is 16.1. The molecule has 2 amide bonds. The summed E-state index contributed by atoms with van der Waals surface area (Å²) in [4.78, 5) is 27.3. The topological polar surface area (TPSA) is 58.6 Å². The van der Waals surface area contributed by atoms with E-state index in [0.717, 1.165) is 16.5 Å². The normalized spacial score (nSPS) is 12.7. The Labute approximate surface area is 202 Å². The van der Waals surface area contributed by atoms with Gasteiger partial charge in [-0.25, -0.2) is 0 Å². The van der Waals surface area contributed by atoms with Crippen LogP contribution < -0.4 is 10.1 Å². The summed E-state index contributed by atoms with van der Waals surface area (Å²) < 4.78 is 6.66. The number of carbonyl (C=O) groups excluding carboxylic acids is 2. The van der Waals surface area contributed by atoms with Crippen LogP contribution in [0.25, 0.3) is 0 Å². The Morgan fingerprint density at radius 3 is 2.39 bits per heavy atom. The number of amides is 2. The molecule has 5 nitrogen and oxygen atoms in total. The zero-order valence-corrected chi connectivity index (χ0v) is 21.1. The zero-order valence-electron chi connectivity index (χ0n) is 18.0. The largest absolute Gasteiger partial charge is 0.484 e. The van der Waals surface area contributed by atoms with Gasteiger partial charge in [0.05, 0.1) is 0 Å². The molecule has 0 aromatic heterocycles. The number of benzene rings is 2. The van der Waals surface area contributed by atoms with E-state index in [1.54, 1.807) is 31.2 Å². The second-order valence-electron chi connectivity index (χ2n) is 7.42. The molecule has 2 aromatic rings. The lowest BCUT2D eigenvalue weighted by molar-refractivity contribution is -0.142. The Morgan fingerprint density at radius 2 is 1.81 bits per heavy atom. The van der Waals surface area contributed by atoms with E-state index in [-0.39, 0.29) is 31.0 Å². The molecule has 0 aliphatic rings. The molecule has 0 bridgehead atoms. The Morgan fingerprint density at radius 1 is 1.16 bits per heavy atom. The molecule has 2 aromatic carbocycles. The summed E-state index contributed by atoms with van der Waals surface area (Å²) in [7, 11) is 0. The van der Waals surface area contributed by atoms with Gasteiger partial charge in [0.25, 0.3) is 5.91 Å². The molecule has 2 rings (SSSR count). The average molecular weight is 530 g/mol. The van der Waals surface area contributed by atoms with Crippen molar-refractivity contribution in [2.24, 2.45) is 0 Å². The Bertz CT molecular complexity index is 919. The smallest absolute Gasteiger partial charge is 0.261 e. The molecule has 0 saturated heterocycles. The van der Waals surface area contributed by atoms with Crippen LogP contribution in [0.15, 0.2) is 40.9 Å². The van der Waals surface area contributed by atoms with Gasteiger partial charge in [0.1, 0.15) is 11.8 Å². The maximum atomic E-state index is 13.1. The van der Waals surface area contributed by atoms with Crippen molar-refractivity contribution in [3.63, 3.8) is 0 Å². The van der Waals surface area contributed by atoms with E-state index in [1.807, 2.05) is 32.9 Å². The van der Waals surface area contributed by atoms with Gasteiger partial charge < -0.3 is 15.0 Å². The van der Waals surface area contributed by atoms with Crippen LogP contribution in [0.1, 0.15) is 38.3 Å². The van der Waals surface area contributed by atoms with Gasteiger partial charge in [-0.2, -0.15) is 0 Å². The van der Waals surface area contributed by atoms with E-state index in [4.69, 9.17) is 27.9 Å². The number of aryl methyl sites for hydroxylation is 1. The van der Waals surface area contributed by atoms with Crippen LogP contribution in [-0.4, -0.2) is 35.4 Å². The summed E-state index contributed by atoms with van der Waals surface area (Å²) in [5.41, 5.74) is 1.58. The van der Waals surface area contributed by atoms with Crippen LogP contribution in [0, 0.1) is 6.92 Å². The third-order valence-electron chi connectivity index (χ3n) is 5.05. The van der Waals surface area contributed by atoms with E-state index in [9.17, 15) is 9.59 Å². The van der Waals surface area contributed by atoms with Crippen LogP contribution in [0.4, 0.5) is 0 Å². The number of ether oxygens (including phenoxy) is 1. The van der Waals surface area contributed by atoms with E-state index in [0.29, 0.717) is 21.4 Å². The minimum atomic E-state index is -0.732. The molecule has 0 saturated carbocycles. The molecule has 0 aliphatic carbocycles. The molecule has 0 unspecified atom stereocenters. The van der Waals surface area contributed by atoms with Crippen molar-refractivity contribution in [1.82, 2.24) is 10.2 Å². The molecule has 0 radical (unpaired) electrons. The lowest BCUT2D eigenvalue weighted by atomic mass is 10.1. The zero-order chi connectivity index (χ0) is 23.1. The van der Waals surface area contributed by atoms with Gasteiger partial charge in [0.2, 0.25) is 5.91 Å². The van der Waals surface area contributed by atoms with Crippen molar-refractivity contribution in [3.8, 4) is 5.75 Å². The Hall–Kier alpha value is -1.76. The monoisotopic (exact) mass is 528 g/mol. The number of carbonyl (C=O) groups is 2. The van der Waals surface area contributed by atoms with Crippen LogP contribution in [-0.2, 0) is 16.1 Å². The first kappa shape index (κ1) is 25.5. The molecular weight excluding hydrogens is 503 g/mol. The third-order valence-corrected chi connectivity index (χ3v) is 6.65. The molecule has 0 fully saturated rings. The maximum absolute atomic E-state index is 13.1. The van der Waals surface area contributed by atoms with Crippen LogP contribution in [0.3, 0.4) is 0 Å². The van der Waals surface area contributed by atoms with Crippen molar-refractivity contribution < 1.29 is 14.3 Å². The molecule has 1 N–H and O–H groups in total. The van der Waals surface area contributed by atoms with Crippen molar-refractivity contribution in [1.29, 1.82) is 0 Å². The van der Waals surface area contributed by atoms with E-state index in [2.05, 4.69) is 21.2 Å². The van der Waals surface area contributed by atoms with Gasteiger partial charge in [-0.05, 0) is 63.1 Å². The Balaban J connectivity index is 2.23. The molecule has 0 aliphatic heterocycles. The van der Waals surface area contributed by atoms with Gasteiger partial charge in [-0.1, -0.05) is 52.1 Å². The fourth-order valence-electron chi connectivity index (χ4n) is 2.84. The van der Waals surface area contributed by atoms with Crippen molar-refractivity contribution in [2.75, 3.05) is 6.61 Å². The first-order chi connectivity index (χ1) is 14.6. The van der Waals surface area contributed by atoms with Crippen LogP contribution >= 0.6 is 39.1 Å². The quantitative estimate of drug-likeness (QED) is 0.448. The molecule has 0 spiro atoms. The standard InChI is InChI=1S/C23H27BrCl2N2O3/c1-5-15(3)27-23(30)16(4)28(12-18-20(25)7-6-8-21(18)26)22(29)13-31-17-9-10-19(24)14(2)11-17/h6-11,15-16H,5,12-13H2,1-4H3,(H,27,30)/t15-,16-/m1/s1. The number of hydrogen-bond acceptors (Lipinski definition) is 3. The second-order valence-corrected chi connectivity index (χ2v) is 9.08. The number of halogens is 3. The highest BCUT2D eigenvalue weighted by atomic mass is 79.9. The molecule has 8 heteroatoms. The fraction of sp³-hybridized carbons (Fsp3) is 0.391. The van der Waals surface area contributed by atoms with Crippen molar-refractivity contribution in [3.05, 3.63) is 62.0 Å². The van der Waals surface area contributed by atoms with Gasteiger partial charge in [0.15, 0.2) is 6.61 Å². The van der Waals surface area contributed by atoms with E-state index < -0.39 is 6.04 Å². The highest BCUT2D eigenvalue weighted by Crippen LogP contribution is 2.27. The average Bonchev–Trinajstić information content (AvgIpc) is 2.73. The lowest BCUT2D eigenvalue weighted by Crippen LogP contribution is -2.50. The SMILES string of the molecule is CC[C@@H](C)NC(=O)[C@@H](C)N(Cc1c(Cl)cccc1Cl)C(=O)COc1ccc(Br)c(C)c1. The predicted molar refractivity (Wildman–Crippen MR) is 129 cm³/mol. The third kappa shape index (κ3) is 7.13. The summed E-state index contributed by atoms with van der Waals surface area (Å²) in [5.74, 6) is -0.0183. The highest BCUT2D eigenvalue weighted by Gasteiger charge is 2.28. The molecular formula is C23H27BrCl2N2O3. The van der Waals surface area contributed by atoms with Gasteiger partial charge in [-0.3, -0.25) is 9.59 Å². The summed E-state index contributed by atoms with van der Waals surface area (Å²) in [6.45, 7) is 7.39. The molecule has 0 heterocycles.